The molecule has 0 bridgehead atoms. The van der Waals surface area contributed by atoms with Crippen LogP contribution in [0.1, 0.15) is 102 Å². The van der Waals surface area contributed by atoms with E-state index in [-0.39, 0.29) is 41.7 Å². The molecule has 3 saturated heterocycles. The number of imide groups is 1. The number of halogens is 2. The number of carbonyl (C=O) groups is 2. The predicted octanol–water partition coefficient (Wildman–Crippen LogP) is 4.92. The molecule has 3 unspecified atom stereocenters. The molecule has 2 N–H and O–H groups in total. The van der Waals surface area contributed by atoms with Crippen LogP contribution >= 0.6 is 0 Å². The Morgan fingerprint density at radius 2 is 1.75 bits per heavy atom. The first kappa shape index (κ1) is 39.2. The highest BCUT2D eigenvalue weighted by Crippen LogP contribution is 2.37. The third-order valence-corrected chi connectivity index (χ3v) is 14.1. The number of pyridine rings is 1. The summed E-state index contributed by atoms with van der Waals surface area (Å²) in [5.41, 5.74) is -0.793. The summed E-state index contributed by atoms with van der Waals surface area (Å²) in [6.45, 7) is 6.93. The molecule has 3 aliphatic heterocycles. The van der Waals surface area contributed by atoms with Gasteiger partial charge in [-0.1, -0.05) is 25.5 Å². The lowest BCUT2D eigenvalue weighted by atomic mass is 9.75. The van der Waals surface area contributed by atoms with Gasteiger partial charge in [-0.15, -0.1) is 0 Å². The molecule has 2 amide bonds. The van der Waals surface area contributed by atoms with Crippen LogP contribution in [0.15, 0.2) is 41.3 Å². The molecular formula is C39H51F2N7O6S. The summed E-state index contributed by atoms with van der Waals surface area (Å²) >= 11 is 0. The van der Waals surface area contributed by atoms with E-state index in [2.05, 4.69) is 25.5 Å². The molecule has 3 aromatic rings. The number of benzene rings is 1. The molecule has 4 fully saturated rings. The van der Waals surface area contributed by atoms with Gasteiger partial charge in [-0.2, -0.15) is 4.98 Å². The normalized spacial score (nSPS) is 25.1. The Kier molecular flexibility index (Phi) is 11.6. The Labute approximate surface area is 320 Å². The number of nitrogens with one attached hydrogen (secondary N) is 2. The van der Waals surface area contributed by atoms with Gasteiger partial charge in [-0.25, -0.2) is 26.5 Å². The molecule has 16 heteroatoms. The first-order valence-electron chi connectivity index (χ1n) is 19.6. The molecule has 7 rings (SSSR count). The smallest absolute Gasteiger partial charge is 0.269 e. The summed E-state index contributed by atoms with van der Waals surface area (Å²) in [5.74, 6) is 0.754. The van der Waals surface area contributed by atoms with Crippen LogP contribution in [0.2, 0.25) is 0 Å². The van der Waals surface area contributed by atoms with Gasteiger partial charge in [0.25, 0.3) is 12.0 Å². The highest BCUT2D eigenvalue weighted by Gasteiger charge is 2.40. The van der Waals surface area contributed by atoms with Crippen LogP contribution in [0.25, 0.3) is 11.0 Å². The van der Waals surface area contributed by atoms with Crippen LogP contribution in [0.3, 0.4) is 0 Å². The van der Waals surface area contributed by atoms with Gasteiger partial charge in [0.2, 0.25) is 27.8 Å². The van der Waals surface area contributed by atoms with E-state index in [1.165, 1.54) is 16.8 Å². The highest BCUT2D eigenvalue weighted by molar-refractivity contribution is 7.89. The van der Waals surface area contributed by atoms with Crippen molar-refractivity contribution in [1.29, 1.82) is 0 Å². The molecule has 1 aliphatic carbocycles. The maximum absolute atomic E-state index is 13.8. The summed E-state index contributed by atoms with van der Waals surface area (Å²) < 4.78 is 63.4. The lowest BCUT2D eigenvalue weighted by Gasteiger charge is -2.34. The number of aromatic nitrogens is 3. The molecule has 0 spiro atoms. The zero-order chi connectivity index (χ0) is 38.9. The van der Waals surface area contributed by atoms with Gasteiger partial charge in [0.15, 0.2) is 0 Å². The van der Waals surface area contributed by atoms with E-state index in [1.54, 1.807) is 4.31 Å². The predicted molar refractivity (Wildman–Crippen MR) is 204 cm³/mol. The van der Waals surface area contributed by atoms with E-state index >= 15 is 0 Å². The van der Waals surface area contributed by atoms with Crippen molar-refractivity contribution in [2.75, 3.05) is 43.8 Å². The lowest BCUT2D eigenvalue weighted by molar-refractivity contribution is -0.137. The molecule has 298 valence electrons. The van der Waals surface area contributed by atoms with E-state index in [4.69, 9.17) is 4.74 Å². The summed E-state index contributed by atoms with van der Waals surface area (Å²) in [6.07, 6.45) is 5.28. The number of alkyl halides is 2. The van der Waals surface area contributed by atoms with Crippen molar-refractivity contribution >= 4 is 38.8 Å². The van der Waals surface area contributed by atoms with Crippen molar-refractivity contribution in [3.63, 3.8) is 0 Å². The van der Waals surface area contributed by atoms with Crippen LogP contribution in [0.5, 0.6) is 5.75 Å². The minimum atomic E-state index is -3.44. The lowest BCUT2D eigenvalue weighted by Crippen LogP contribution is -2.49. The van der Waals surface area contributed by atoms with Gasteiger partial charge in [-0.3, -0.25) is 24.3 Å². The average molecular weight is 784 g/mol. The Hall–Kier alpha value is -4.02. The highest BCUT2D eigenvalue weighted by atomic mass is 32.2. The van der Waals surface area contributed by atoms with Crippen LogP contribution in [-0.4, -0.2) is 94.6 Å². The van der Waals surface area contributed by atoms with Gasteiger partial charge in [0.05, 0.1) is 16.7 Å². The number of anilines is 1. The standard InChI is InChI=1S/C39H51F2N7O6S/c1-25-5-3-6-32(25)48-35-26(23-31(34(40)41)36(48)50)24-42-38(45-35)43-28-12-20-47(21-13-28)55(52,53)22-4-17-46-18-14-30(15-19-46)54-29-9-7-27(8-10-29)39(2)16-11-33(49)44-37(39)51/h7-10,23-25,28,30,32,34H,3-6,11-22H2,1-2H3,(H,42,43,45)(H,44,49,51). The largest absolute Gasteiger partial charge is 0.490 e. The van der Waals surface area contributed by atoms with E-state index in [0.29, 0.717) is 68.7 Å². The first-order chi connectivity index (χ1) is 26.3. The number of piperidine rings is 3. The molecule has 0 radical (unpaired) electrons. The molecule has 55 heavy (non-hydrogen) atoms. The number of amides is 2. The fourth-order valence-corrected chi connectivity index (χ4v) is 10.2. The van der Waals surface area contributed by atoms with Crippen molar-refractivity contribution < 1.29 is 31.5 Å². The number of likely N-dealkylation sites (tertiary alicyclic amines) is 1. The van der Waals surface area contributed by atoms with Crippen molar-refractivity contribution in [2.24, 2.45) is 5.92 Å². The Morgan fingerprint density at radius 3 is 2.40 bits per heavy atom. The van der Waals surface area contributed by atoms with E-state index in [0.717, 1.165) is 56.5 Å². The van der Waals surface area contributed by atoms with E-state index in [9.17, 15) is 31.6 Å². The quantitative estimate of drug-likeness (QED) is 0.242. The van der Waals surface area contributed by atoms with Gasteiger partial charge >= 0.3 is 0 Å². The van der Waals surface area contributed by atoms with Crippen LogP contribution in [0, 0.1) is 5.92 Å². The monoisotopic (exact) mass is 783 g/mol. The number of fused-ring (bicyclic) bond motifs is 1. The second-order valence-electron chi connectivity index (χ2n) is 15.9. The molecule has 4 aliphatic rings. The second-order valence-corrected chi connectivity index (χ2v) is 18.0. The second kappa shape index (κ2) is 16.2. The minimum Gasteiger partial charge on any atom is -0.490 e. The number of sulfonamides is 1. The Morgan fingerprint density at radius 1 is 1.02 bits per heavy atom. The third-order valence-electron chi connectivity index (χ3n) is 12.2. The van der Waals surface area contributed by atoms with E-state index < -0.39 is 33.0 Å². The summed E-state index contributed by atoms with van der Waals surface area (Å²) in [6, 6.07) is 8.45. The molecule has 1 aromatic carbocycles. The Bertz CT molecular complexity index is 2050. The number of hydrogen-bond donors (Lipinski definition) is 2. The fourth-order valence-electron chi connectivity index (χ4n) is 8.67. The number of hydrogen-bond acceptors (Lipinski definition) is 10. The number of ether oxygens (including phenoxy) is 1. The van der Waals surface area contributed by atoms with Crippen LogP contribution in [0.4, 0.5) is 14.7 Å². The van der Waals surface area contributed by atoms with Crippen molar-refractivity contribution in [3.05, 3.63) is 58.0 Å². The maximum atomic E-state index is 13.8. The van der Waals surface area contributed by atoms with Gasteiger partial charge in [-0.05, 0) is 94.5 Å². The molecular weight excluding hydrogens is 733 g/mol. The first-order valence-corrected chi connectivity index (χ1v) is 21.2. The fraction of sp³-hybridized carbons (Fsp3) is 0.615. The Balaban J connectivity index is 0.856. The summed E-state index contributed by atoms with van der Waals surface area (Å²) in [5, 5.41) is 6.14. The van der Waals surface area contributed by atoms with Crippen LogP contribution < -0.4 is 20.9 Å². The molecule has 3 atom stereocenters. The zero-order valence-electron chi connectivity index (χ0n) is 31.5. The van der Waals surface area contributed by atoms with Crippen LogP contribution in [-0.2, 0) is 25.0 Å². The maximum Gasteiger partial charge on any atom is 0.269 e. The average Bonchev–Trinajstić information content (AvgIpc) is 3.59. The summed E-state index contributed by atoms with van der Waals surface area (Å²) in [4.78, 5) is 48.6. The summed E-state index contributed by atoms with van der Waals surface area (Å²) in [7, 11) is -3.44. The minimum absolute atomic E-state index is 0.0474. The number of carbonyl (C=O) groups excluding carboxylic acids is 2. The van der Waals surface area contributed by atoms with Crippen molar-refractivity contribution in [2.45, 2.75) is 108 Å². The number of rotatable bonds is 12. The molecule has 13 nitrogen and oxygen atoms in total. The van der Waals surface area contributed by atoms with Gasteiger partial charge < -0.3 is 15.0 Å². The van der Waals surface area contributed by atoms with E-state index in [1.807, 2.05) is 38.1 Å². The zero-order valence-corrected chi connectivity index (χ0v) is 32.3. The van der Waals surface area contributed by atoms with Gasteiger partial charge in [0, 0.05) is 56.3 Å². The molecule has 5 heterocycles. The third kappa shape index (κ3) is 8.55. The van der Waals surface area contributed by atoms with Crippen molar-refractivity contribution in [1.82, 2.24) is 29.1 Å². The van der Waals surface area contributed by atoms with Crippen molar-refractivity contribution in [3.8, 4) is 5.75 Å². The van der Waals surface area contributed by atoms with Gasteiger partial charge in [0.1, 0.15) is 17.5 Å². The number of nitrogens with zero attached hydrogens (tertiary/aromatic N) is 5. The topological polar surface area (TPSA) is 156 Å². The molecule has 2 aromatic heterocycles. The SMILES string of the molecule is CC1CCCC1n1c(=O)c(C(F)F)cc2cnc(NC3CCN(S(=O)(=O)CCCN4CCC(Oc5ccc(C6(C)CCC(=O)NC6=O)cc5)CC4)CC3)nc21. The molecule has 1 saturated carbocycles.